The van der Waals surface area contributed by atoms with Crippen molar-refractivity contribution in [2.75, 3.05) is 6.61 Å². The highest BCUT2D eigenvalue weighted by atomic mass is 35.5. The molecule has 0 radical (unpaired) electrons. The van der Waals surface area contributed by atoms with Gasteiger partial charge in [-0.1, -0.05) is 47.5 Å². The van der Waals surface area contributed by atoms with Crippen LogP contribution in [0.1, 0.15) is 20.7 Å². The van der Waals surface area contributed by atoms with Gasteiger partial charge in [-0.15, -0.1) is 0 Å². The molecule has 144 valence electrons. The summed E-state index contributed by atoms with van der Waals surface area (Å²) in [4.78, 5) is 29.4. The van der Waals surface area contributed by atoms with E-state index in [1.54, 1.807) is 36.4 Å². The quantitative estimate of drug-likeness (QED) is 0.296. The Hall–Kier alpha value is -3.15. The molecule has 0 aliphatic rings. The first-order valence-corrected chi connectivity index (χ1v) is 9.39. The van der Waals surface area contributed by atoms with Gasteiger partial charge in [-0.3, -0.25) is 4.79 Å². The van der Waals surface area contributed by atoms with Gasteiger partial charge < -0.3 is 9.15 Å². The Kier molecular flexibility index (Phi) is 5.34. The third-order valence-electron chi connectivity index (χ3n) is 4.24. The van der Waals surface area contributed by atoms with E-state index in [0.29, 0.717) is 27.6 Å². The summed E-state index contributed by atoms with van der Waals surface area (Å²) < 4.78 is 11.0. The van der Waals surface area contributed by atoms with Crippen LogP contribution in [0.2, 0.25) is 10.0 Å². The normalized spacial score (nSPS) is 10.8. The average molecular weight is 426 g/mol. The first kappa shape index (κ1) is 19.2. The van der Waals surface area contributed by atoms with Crippen molar-refractivity contribution in [3.63, 3.8) is 0 Å². The molecule has 0 unspecified atom stereocenters. The monoisotopic (exact) mass is 425 g/mol. The Morgan fingerprint density at radius 2 is 1.69 bits per heavy atom. The van der Waals surface area contributed by atoms with E-state index in [1.165, 1.54) is 12.1 Å². The second-order valence-corrected chi connectivity index (χ2v) is 7.00. The standard InChI is InChI=1S/C22H13Cl2NO4/c23-13-9-10-16(17(24)11-13)19(26)12-28-22(27)15-6-2-1-5-14(15)21-25-18-7-3-4-8-20(18)29-21/h1-11H,12H2. The largest absolute Gasteiger partial charge is 0.454 e. The molecule has 0 amide bonds. The molecule has 0 spiro atoms. The molecule has 3 aromatic carbocycles. The van der Waals surface area contributed by atoms with Crippen molar-refractivity contribution in [1.82, 2.24) is 4.98 Å². The van der Waals surface area contributed by atoms with Crippen molar-refractivity contribution in [3.8, 4) is 11.5 Å². The summed E-state index contributed by atoms with van der Waals surface area (Å²) in [6.45, 7) is -0.456. The van der Waals surface area contributed by atoms with E-state index in [1.807, 2.05) is 18.2 Å². The number of nitrogens with zero attached hydrogens (tertiary/aromatic N) is 1. The van der Waals surface area contributed by atoms with Crippen LogP contribution in [-0.4, -0.2) is 23.3 Å². The van der Waals surface area contributed by atoms with Crippen molar-refractivity contribution in [2.45, 2.75) is 0 Å². The number of Topliss-reactive ketones (excluding diaryl/α,β-unsaturated/α-hetero) is 1. The number of carbonyl (C=O) groups excluding carboxylic acids is 2. The van der Waals surface area contributed by atoms with E-state index in [0.717, 1.165) is 0 Å². The Bertz CT molecular complexity index is 1200. The zero-order valence-electron chi connectivity index (χ0n) is 14.9. The molecule has 7 heteroatoms. The molecule has 0 aliphatic carbocycles. The number of para-hydroxylation sites is 2. The summed E-state index contributed by atoms with van der Waals surface area (Å²) in [5.41, 5.74) is 2.24. The van der Waals surface area contributed by atoms with E-state index in [2.05, 4.69) is 4.98 Å². The summed E-state index contributed by atoms with van der Waals surface area (Å²) in [6, 6.07) is 18.6. The van der Waals surface area contributed by atoms with Crippen molar-refractivity contribution < 1.29 is 18.7 Å². The number of hydrogen-bond acceptors (Lipinski definition) is 5. The minimum atomic E-state index is -0.665. The first-order valence-electron chi connectivity index (χ1n) is 8.63. The number of oxazole rings is 1. The first-order chi connectivity index (χ1) is 14.0. The number of ether oxygens (including phenoxy) is 1. The Labute approximate surface area is 175 Å². The van der Waals surface area contributed by atoms with Crippen LogP contribution in [0.4, 0.5) is 0 Å². The fraction of sp³-hybridized carbons (Fsp3) is 0.0455. The lowest BCUT2D eigenvalue weighted by atomic mass is 10.1. The average Bonchev–Trinajstić information content (AvgIpc) is 3.16. The maximum Gasteiger partial charge on any atom is 0.339 e. The van der Waals surface area contributed by atoms with E-state index < -0.39 is 18.4 Å². The SMILES string of the molecule is O=C(COC(=O)c1ccccc1-c1nc2ccccc2o1)c1ccc(Cl)cc1Cl. The van der Waals surface area contributed by atoms with Crippen LogP contribution < -0.4 is 0 Å². The maximum atomic E-state index is 12.6. The van der Waals surface area contributed by atoms with Crippen molar-refractivity contribution in [1.29, 1.82) is 0 Å². The highest BCUT2D eigenvalue weighted by molar-refractivity contribution is 6.36. The van der Waals surface area contributed by atoms with Crippen LogP contribution in [0.25, 0.3) is 22.6 Å². The molecule has 4 aromatic rings. The predicted octanol–water partition coefficient (Wildman–Crippen LogP) is 5.84. The number of aromatic nitrogens is 1. The smallest absolute Gasteiger partial charge is 0.339 e. The molecule has 0 saturated heterocycles. The predicted molar refractivity (Wildman–Crippen MR) is 111 cm³/mol. The van der Waals surface area contributed by atoms with Gasteiger partial charge in [0.1, 0.15) is 5.52 Å². The van der Waals surface area contributed by atoms with Crippen molar-refractivity contribution in [2.24, 2.45) is 0 Å². The van der Waals surface area contributed by atoms with Gasteiger partial charge in [0.15, 0.2) is 12.2 Å². The van der Waals surface area contributed by atoms with Crippen LogP contribution >= 0.6 is 23.2 Å². The topological polar surface area (TPSA) is 69.4 Å². The summed E-state index contributed by atoms with van der Waals surface area (Å²) in [7, 11) is 0. The second-order valence-electron chi connectivity index (χ2n) is 6.16. The molecule has 5 nitrogen and oxygen atoms in total. The fourth-order valence-electron chi connectivity index (χ4n) is 2.84. The summed E-state index contributed by atoms with van der Waals surface area (Å²) in [5.74, 6) is -0.800. The lowest BCUT2D eigenvalue weighted by molar-refractivity contribution is 0.0475. The van der Waals surface area contributed by atoms with Crippen LogP contribution in [0.15, 0.2) is 71.1 Å². The number of hydrogen-bond donors (Lipinski definition) is 0. The number of esters is 1. The number of benzene rings is 3. The molecular weight excluding hydrogens is 413 g/mol. The number of fused-ring (bicyclic) bond motifs is 1. The van der Waals surface area contributed by atoms with Gasteiger partial charge in [-0.25, -0.2) is 9.78 Å². The highest BCUT2D eigenvalue weighted by Gasteiger charge is 2.20. The fourth-order valence-corrected chi connectivity index (χ4v) is 3.35. The van der Waals surface area contributed by atoms with Crippen LogP contribution in [-0.2, 0) is 4.74 Å². The van der Waals surface area contributed by atoms with E-state index in [9.17, 15) is 9.59 Å². The molecule has 0 bridgehead atoms. The number of ketones is 1. The maximum absolute atomic E-state index is 12.6. The van der Waals surface area contributed by atoms with Crippen LogP contribution in [0.3, 0.4) is 0 Å². The summed E-state index contributed by atoms with van der Waals surface area (Å²) in [5, 5.41) is 0.612. The van der Waals surface area contributed by atoms with Gasteiger partial charge in [0.25, 0.3) is 0 Å². The molecule has 0 N–H and O–H groups in total. The van der Waals surface area contributed by atoms with E-state index in [4.69, 9.17) is 32.4 Å². The third kappa shape index (κ3) is 4.01. The number of rotatable bonds is 5. The van der Waals surface area contributed by atoms with Gasteiger partial charge in [0.05, 0.1) is 16.1 Å². The molecule has 1 heterocycles. The third-order valence-corrected chi connectivity index (χ3v) is 4.78. The van der Waals surface area contributed by atoms with Crippen molar-refractivity contribution in [3.05, 3.63) is 87.9 Å². The van der Waals surface area contributed by atoms with Gasteiger partial charge >= 0.3 is 5.97 Å². The van der Waals surface area contributed by atoms with Gasteiger partial charge in [0.2, 0.25) is 11.7 Å². The number of carbonyl (C=O) groups is 2. The molecule has 29 heavy (non-hydrogen) atoms. The molecule has 0 saturated carbocycles. The lowest BCUT2D eigenvalue weighted by Crippen LogP contribution is -2.15. The Morgan fingerprint density at radius 3 is 2.48 bits per heavy atom. The molecule has 4 rings (SSSR count). The Morgan fingerprint density at radius 1 is 0.931 bits per heavy atom. The molecule has 0 aliphatic heterocycles. The summed E-state index contributed by atoms with van der Waals surface area (Å²) >= 11 is 11.9. The van der Waals surface area contributed by atoms with E-state index in [-0.39, 0.29) is 16.1 Å². The molecule has 1 aromatic heterocycles. The summed E-state index contributed by atoms with van der Waals surface area (Å²) in [6.07, 6.45) is 0. The number of halogens is 2. The van der Waals surface area contributed by atoms with Gasteiger partial charge in [-0.05, 0) is 42.5 Å². The Balaban J connectivity index is 1.56. The minimum absolute atomic E-state index is 0.199. The molecular formula is C22H13Cl2NO4. The molecule has 0 atom stereocenters. The zero-order chi connectivity index (χ0) is 20.4. The van der Waals surface area contributed by atoms with Crippen LogP contribution in [0, 0.1) is 0 Å². The minimum Gasteiger partial charge on any atom is -0.454 e. The lowest BCUT2D eigenvalue weighted by Gasteiger charge is -2.08. The van der Waals surface area contributed by atoms with Crippen LogP contribution in [0.5, 0.6) is 0 Å². The van der Waals surface area contributed by atoms with Crippen molar-refractivity contribution >= 4 is 46.1 Å². The molecule has 0 fully saturated rings. The van der Waals surface area contributed by atoms with Gasteiger partial charge in [-0.2, -0.15) is 0 Å². The highest BCUT2D eigenvalue weighted by Crippen LogP contribution is 2.27. The van der Waals surface area contributed by atoms with E-state index >= 15 is 0 Å². The second kappa shape index (κ2) is 8.07. The van der Waals surface area contributed by atoms with Gasteiger partial charge in [0, 0.05) is 10.6 Å². The zero-order valence-corrected chi connectivity index (χ0v) is 16.4.